The molecule has 2 fully saturated rings. The lowest BCUT2D eigenvalue weighted by molar-refractivity contribution is 0.0240. The number of hydrogen-bond donors (Lipinski definition) is 1. The maximum atomic E-state index is 14.8. The summed E-state index contributed by atoms with van der Waals surface area (Å²) >= 11 is 0. The van der Waals surface area contributed by atoms with Crippen LogP contribution >= 0.6 is 0 Å². The monoisotopic (exact) mass is 579 g/mol. The van der Waals surface area contributed by atoms with Crippen LogP contribution < -0.4 is 10.2 Å². The second-order valence-corrected chi connectivity index (χ2v) is 11.6. The molecule has 2 aliphatic rings. The third-order valence-corrected chi connectivity index (χ3v) is 7.35. The van der Waals surface area contributed by atoms with Crippen molar-refractivity contribution in [2.24, 2.45) is 0 Å². The van der Waals surface area contributed by atoms with Crippen LogP contribution in [0, 0.1) is 12.7 Å². The third kappa shape index (κ3) is 5.50. The number of amides is 2. The van der Waals surface area contributed by atoms with Crippen LogP contribution in [0.1, 0.15) is 55.1 Å². The molecule has 1 aromatic carbocycles. The molecular formula is C29H31F2N7O4. The number of piperazine rings is 1. The highest BCUT2D eigenvalue weighted by Crippen LogP contribution is 2.43. The quantitative estimate of drug-likeness (QED) is 0.352. The zero-order valence-corrected chi connectivity index (χ0v) is 23.7. The van der Waals surface area contributed by atoms with Crippen molar-refractivity contribution in [2.75, 3.05) is 36.4 Å². The lowest BCUT2D eigenvalue weighted by Crippen LogP contribution is -2.50. The van der Waals surface area contributed by atoms with E-state index in [0.717, 1.165) is 5.69 Å². The molecule has 0 unspecified atom stereocenters. The zero-order chi connectivity index (χ0) is 29.8. The highest BCUT2D eigenvalue weighted by atomic mass is 19.1. The second-order valence-electron chi connectivity index (χ2n) is 11.6. The molecule has 1 aliphatic heterocycles. The van der Waals surface area contributed by atoms with Crippen molar-refractivity contribution in [3.05, 3.63) is 59.6 Å². The van der Waals surface area contributed by atoms with Gasteiger partial charge in [0.05, 0.1) is 12.1 Å². The minimum atomic E-state index is -1.00. The van der Waals surface area contributed by atoms with E-state index in [0.29, 0.717) is 43.8 Å². The van der Waals surface area contributed by atoms with Gasteiger partial charge in [0.15, 0.2) is 0 Å². The molecule has 2 atom stereocenters. The van der Waals surface area contributed by atoms with Gasteiger partial charge in [-0.25, -0.2) is 18.6 Å². The molecule has 2 amide bonds. The maximum Gasteiger partial charge on any atom is 0.410 e. The number of nitrogens with one attached hydrogen (secondary N) is 1. The van der Waals surface area contributed by atoms with E-state index in [4.69, 9.17) is 9.26 Å². The molecule has 220 valence electrons. The number of carbonyl (C=O) groups is 2. The van der Waals surface area contributed by atoms with Gasteiger partial charge in [-0.1, -0.05) is 5.16 Å². The second kappa shape index (κ2) is 10.4. The number of aromatic nitrogens is 4. The van der Waals surface area contributed by atoms with E-state index >= 15 is 0 Å². The number of nitrogens with zero attached hydrogens (tertiary/aromatic N) is 6. The van der Waals surface area contributed by atoms with Crippen LogP contribution in [0.5, 0.6) is 0 Å². The molecule has 4 heterocycles. The van der Waals surface area contributed by atoms with Crippen molar-refractivity contribution < 1.29 is 27.6 Å². The van der Waals surface area contributed by atoms with Crippen molar-refractivity contribution in [3.8, 4) is 11.4 Å². The van der Waals surface area contributed by atoms with Gasteiger partial charge in [-0.05, 0) is 52.3 Å². The first-order chi connectivity index (χ1) is 20.0. The van der Waals surface area contributed by atoms with E-state index in [1.54, 1.807) is 28.5 Å². The Balaban J connectivity index is 1.15. The lowest BCUT2D eigenvalue weighted by Gasteiger charge is -2.36. The summed E-state index contributed by atoms with van der Waals surface area (Å²) in [6.45, 7) is 9.39. The normalized spacial score (nSPS) is 18.8. The van der Waals surface area contributed by atoms with Crippen molar-refractivity contribution in [2.45, 2.75) is 51.8 Å². The van der Waals surface area contributed by atoms with Crippen LogP contribution in [0.15, 0.2) is 41.2 Å². The van der Waals surface area contributed by atoms with Crippen molar-refractivity contribution in [3.63, 3.8) is 0 Å². The maximum absolute atomic E-state index is 14.8. The fourth-order valence-electron chi connectivity index (χ4n) is 4.86. The number of alkyl halides is 1. The molecule has 13 heteroatoms. The molecule has 11 nitrogen and oxygen atoms in total. The fraction of sp³-hybridized carbons (Fsp3) is 0.414. The molecule has 3 aromatic heterocycles. The number of imidazole rings is 1. The molecule has 1 saturated carbocycles. The van der Waals surface area contributed by atoms with Crippen LogP contribution in [0.25, 0.3) is 17.0 Å². The molecule has 4 aromatic rings. The number of halogens is 2. The van der Waals surface area contributed by atoms with Gasteiger partial charge in [0, 0.05) is 60.9 Å². The van der Waals surface area contributed by atoms with E-state index in [2.05, 4.69) is 25.3 Å². The summed E-state index contributed by atoms with van der Waals surface area (Å²) < 4.78 is 40.5. The van der Waals surface area contributed by atoms with Crippen LogP contribution in [0.3, 0.4) is 0 Å². The minimum absolute atomic E-state index is 0.118. The summed E-state index contributed by atoms with van der Waals surface area (Å²) in [5.74, 6) is -1.16. The predicted molar refractivity (Wildman–Crippen MR) is 150 cm³/mol. The van der Waals surface area contributed by atoms with Gasteiger partial charge in [0.25, 0.3) is 5.91 Å². The summed E-state index contributed by atoms with van der Waals surface area (Å²) in [6, 6.07) is 6.57. The van der Waals surface area contributed by atoms with Gasteiger partial charge in [-0.15, -0.1) is 0 Å². The Bertz CT molecular complexity index is 1670. The Hall–Kier alpha value is -4.55. The summed E-state index contributed by atoms with van der Waals surface area (Å²) in [4.78, 5) is 38.1. The Morgan fingerprint density at radius 3 is 2.57 bits per heavy atom. The van der Waals surface area contributed by atoms with E-state index in [9.17, 15) is 18.4 Å². The van der Waals surface area contributed by atoms with Crippen molar-refractivity contribution in [1.82, 2.24) is 24.4 Å². The smallest absolute Gasteiger partial charge is 0.410 e. The van der Waals surface area contributed by atoms with Gasteiger partial charge in [-0.3, -0.25) is 9.20 Å². The summed E-state index contributed by atoms with van der Waals surface area (Å²) in [5, 5.41) is 6.63. The van der Waals surface area contributed by atoms with Gasteiger partial charge in [0.2, 0.25) is 11.7 Å². The average molecular weight is 580 g/mol. The number of pyridine rings is 1. The highest BCUT2D eigenvalue weighted by molar-refractivity contribution is 6.04. The first-order valence-corrected chi connectivity index (χ1v) is 13.8. The number of hydrogen-bond acceptors (Lipinski definition) is 8. The van der Waals surface area contributed by atoms with Crippen LogP contribution in [0.4, 0.5) is 25.0 Å². The highest BCUT2D eigenvalue weighted by Gasteiger charge is 2.43. The summed E-state index contributed by atoms with van der Waals surface area (Å²) in [5.41, 5.74) is 1.98. The van der Waals surface area contributed by atoms with Gasteiger partial charge >= 0.3 is 6.09 Å². The zero-order valence-electron chi connectivity index (χ0n) is 23.7. The van der Waals surface area contributed by atoms with Gasteiger partial charge < -0.3 is 24.4 Å². The average Bonchev–Trinajstić information content (AvgIpc) is 3.32. The number of rotatable bonds is 5. The standard InChI is InChI=1S/C29H31F2N7O4/c1-16-20(30)11-17(25-34-27(42-35-25)19-14-21(19)31)12-22(16)33-26(39)23-15-32-24-13-18(5-6-38(23)24)36-7-9-37(10-8-36)28(40)41-29(2,3)4/h5-6,11-13,15,19,21H,7-10,14H2,1-4H3,(H,33,39)/t19-,21-/m0/s1. The van der Waals surface area contributed by atoms with Gasteiger partial charge in [0.1, 0.15) is 28.9 Å². The number of benzene rings is 1. The molecule has 1 N–H and O–H groups in total. The van der Waals surface area contributed by atoms with Gasteiger partial charge in [-0.2, -0.15) is 4.98 Å². The molecule has 6 rings (SSSR count). The van der Waals surface area contributed by atoms with Crippen LogP contribution in [-0.2, 0) is 4.74 Å². The molecule has 0 spiro atoms. The fourth-order valence-corrected chi connectivity index (χ4v) is 4.86. The van der Waals surface area contributed by atoms with Crippen LogP contribution in [-0.4, -0.2) is 74.4 Å². The van der Waals surface area contributed by atoms with E-state index in [-0.39, 0.29) is 34.8 Å². The Morgan fingerprint density at radius 1 is 1.14 bits per heavy atom. The predicted octanol–water partition coefficient (Wildman–Crippen LogP) is 4.97. The van der Waals surface area contributed by atoms with E-state index in [1.807, 2.05) is 32.9 Å². The number of carbonyl (C=O) groups excluding carboxylic acids is 2. The Labute approximate surface area is 240 Å². The van der Waals surface area contributed by atoms with E-state index < -0.39 is 29.4 Å². The third-order valence-electron chi connectivity index (χ3n) is 7.35. The summed E-state index contributed by atoms with van der Waals surface area (Å²) in [6.07, 6.45) is 2.22. The number of ether oxygens (including phenoxy) is 1. The number of anilines is 2. The van der Waals surface area contributed by atoms with Crippen LogP contribution in [0.2, 0.25) is 0 Å². The Kier molecular flexibility index (Phi) is 6.82. The molecule has 42 heavy (non-hydrogen) atoms. The molecular weight excluding hydrogens is 548 g/mol. The number of fused-ring (bicyclic) bond motifs is 1. The Morgan fingerprint density at radius 2 is 1.88 bits per heavy atom. The molecule has 1 saturated heterocycles. The molecule has 0 radical (unpaired) electrons. The largest absolute Gasteiger partial charge is 0.444 e. The first kappa shape index (κ1) is 27.6. The molecule has 0 bridgehead atoms. The summed E-state index contributed by atoms with van der Waals surface area (Å²) in [7, 11) is 0. The van der Waals surface area contributed by atoms with Crippen molar-refractivity contribution >= 4 is 29.0 Å². The topological polar surface area (TPSA) is 118 Å². The first-order valence-electron chi connectivity index (χ1n) is 13.8. The minimum Gasteiger partial charge on any atom is -0.444 e. The van der Waals surface area contributed by atoms with Crippen molar-refractivity contribution in [1.29, 1.82) is 0 Å². The van der Waals surface area contributed by atoms with E-state index in [1.165, 1.54) is 12.3 Å². The SMILES string of the molecule is Cc1c(F)cc(-c2noc([C@H]3C[C@@H]3F)n2)cc1NC(=O)c1cnc2cc(N3CCN(C(=O)OC(C)(C)C)CC3)ccn12. The lowest BCUT2D eigenvalue weighted by atomic mass is 10.1. The molecule has 1 aliphatic carbocycles.